The monoisotopic (exact) mass is 250 g/mol. The predicted molar refractivity (Wildman–Crippen MR) is 70.6 cm³/mol. The number of nitrogens with one attached hydrogen (secondary N) is 1. The molecule has 1 saturated heterocycles. The number of furan rings is 1. The van der Waals surface area contributed by atoms with Gasteiger partial charge in [0.2, 0.25) is 0 Å². The van der Waals surface area contributed by atoms with E-state index in [1.807, 2.05) is 18.9 Å². The molecular formula is C14H22N2O2. The minimum absolute atomic E-state index is 0.106. The lowest BCUT2D eigenvalue weighted by molar-refractivity contribution is 0.0630. The second-order valence-corrected chi connectivity index (χ2v) is 4.99. The van der Waals surface area contributed by atoms with Crippen molar-refractivity contribution in [3.63, 3.8) is 0 Å². The van der Waals surface area contributed by atoms with Gasteiger partial charge in [-0.25, -0.2) is 0 Å². The Balaban J connectivity index is 2.07. The number of amides is 1. The highest BCUT2D eigenvalue weighted by Crippen LogP contribution is 2.22. The van der Waals surface area contributed by atoms with E-state index in [1.54, 1.807) is 12.3 Å². The highest BCUT2D eigenvalue weighted by molar-refractivity contribution is 5.95. The second-order valence-electron chi connectivity index (χ2n) is 4.99. The van der Waals surface area contributed by atoms with Crippen LogP contribution in [0.2, 0.25) is 0 Å². The first kappa shape index (κ1) is 13.1. The van der Waals surface area contributed by atoms with Crippen LogP contribution in [0.4, 0.5) is 0 Å². The van der Waals surface area contributed by atoms with Crippen molar-refractivity contribution in [3.05, 3.63) is 23.7 Å². The topological polar surface area (TPSA) is 45.5 Å². The van der Waals surface area contributed by atoms with Gasteiger partial charge in [0.1, 0.15) is 5.76 Å². The lowest BCUT2D eigenvalue weighted by Gasteiger charge is -2.38. The molecular weight excluding hydrogens is 228 g/mol. The van der Waals surface area contributed by atoms with Crippen LogP contribution in [0.25, 0.3) is 0 Å². The Morgan fingerprint density at radius 2 is 2.39 bits per heavy atom. The van der Waals surface area contributed by atoms with Gasteiger partial charge in [0.25, 0.3) is 5.91 Å². The summed E-state index contributed by atoms with van der Waals surface area (Å²) in [5.41, 5.74) is 0.702. The zero-order chi connectivity index (χ0) is 13.1. The van der Waals surface area contributed by atoms with Crippen molar-refractivity contribution in [1.82, 2.24) is 10.2 Å². The van der Waals surface area contributed by atoms with Crippen molar-refractivity contribution in [2.24, 2.45) is 5.92 Å². The standard InChI is InChI=1S/C14H22N2O2/c1-4-11-9-16(7-5-13(11)15-3)14(17)12-6-8-18-10(12)2/h6,8,11,13,15H,4-5,7,9H2,1-3H3. The summed E-state index contributed by atoms with van der Waals surface area (Å²) in [6.45, 7) is 5.69. The summed E-state index contributed by atoms with van der Waals surface area (Å²) in [6.07, 6.45) is 3.71. The van der Waals surface area contributed by atoms with E-state index in [1.165, 1.54) is 0 Å². The molecule has 1 amide bonds. The summed E-state index contributed by atoms with van der Waals surface area (Å²) in [4.78, 5) is 14.3. The molecule has 1 aliphatic heterocycles. The predicted octanol–water partition coefficient (Wildman–Crippen LogP) is 2.05. The molecule has 4 nitrogen and oxygen atoms in total. The van der Waals surface area contributed by atoms with Crippen molar-refractivity contribution < 1.29 is 9.21 Å². The van der Waals surface area contributed by atoms with E-state index in [-0.39, 0.29) is 5.91 Å². The van der Waals surface area contributed by atoms with E-state index < -0.39 is 0 Å². The van der Waals surface area contributed by atoms with Crippen molar-refractivity contribution >= 4 is 5.91 Å². The lowest BCUT2D eigenvalue weighted by atomic mass is 9.89. The largest absolute Gasteiger partial charge is 0.469 e. The molecule has 0 saturated carbocycles. The lowest BCUT2D eigenvalue weighted by Crippen LogP contribution is -2.50. The fraction of sp³-hybridized carbons (Fsp3) is 0.643. The Morgan fingerprint density at radius 3 is 2.94 bits per heavy atom. The third-order valence-electron chi connectivity index (χ3n) is 4.01. The summed E-state index contributed by atoms with van der Waals surface area (Å²) in [7, 11) is 2.00. The molecule has 100 valence electrons. The Labute approximate surface area is 108 Å². The number of piperidine rings is 1. The second kappa shape index (κ2) is 5.57. The van der Waals surface area contributed by atoms with Crippen molar-refractivity contribution in [1.29, 1.82) is 0 Å². The zero-order valence-electron chi connectivity index (χ0n) is 11.4. The van der Waals surface area contributed by atoms with Crippen LogP contribution in [0.15, 0.2) is 16.7 Å². The van der Waals surface area contributed by atoms with Crippen molar-refractivity contribution in [2.45, 2.75) is 32.7 Å². The van der Waals surface area contributed by atoms with Crippen LogP contribution < -0.4 is 5.32 Å². The van der Waals surface area contributed by atoms with Gasteiger partial charge in [0.05, 0.1) is 11.8 Å². The van der Waals surface area contributed by atoms with Gasteiger partial charge in [-0.3, -0.25) is 4.79 Å². The highest BCUT2D eigenvalue weighted by Gasteiger charge is 2.30. The van der Waals surface area contributed by atoms with Crippen molar-refractivity contribution in [3.8, 4) is 0 Å². The minimum Gasteiger partial charge on any atom is -0.469 e. The van der Waals surface area contributed by atoms with Gasteiger partial charge in [0.15, 0.2) is 0 Å². The molecule has 4 heteroatoms. The fourth-order valence-corrected chi connectivity index (χ4v) is 2.79. The van der Waals surface area contributed by atoms with E-state index >= 15 is 0 Å². The van der Waals surface area contributed by atoms with Gasteiger partial charge in [-0.05, 0) is 32.4 Å². The number of aryl methyl sites for hydroxylation is 1. The van der Waals surface area contributed by atoms with Crippen LogP contribution in [0.5, 0.6) is 0 Å². The number of nitrogens with zero attached hydrogens (tertiary/aromatic N) is 1. The summed E-state index contributed by atoms with van der Waals surface area (Å²) in [6, 6.07) is 2.30. The highest BCUT2D eigenvalue weighted by atomic mass is 16.3. The van der Waals surface area contributed by atoms with Gasteiger partial charge < -0.3 is 14.6 Å². The Bertz CT molecular complexity index is 414. The van der Waals surface area contributed by atoms with E-state index in [0.717, 1.165) is 25.9 Å². The quantitative estimate of drug-likeness (QED) is 0.893. The van der Waals surface area contributed by atoms with Crippen molar-refractivity contribution in [2.75, 3.05) is 20.1 Å². The molecule has 0 spiro atoms. The first-order valence-electron chi connectivity index (χ1n) is 6.68. The molecule has 1 aromatic rings. The molecule has 1 aliphatic rings. The Morgan fingerprint density at radius 1 is 1.61 bits per heavy atom. The number of carbonyl (C=O) groups is 1. The molecule has 18 heavy (non-hydrogen) atoms. The van der Waals surface area contributed by atoms with Crippen LogP contribution in [-0.2, 0) is 0 Å². The van der Waals surface area contributed by atoms with Crippen LogP contribution >= 0.6 is 0 Å². The molecule has 2 rings (SSSR count). The third-order valence-corrected chi connectivity index (χ3v) is 4.01. The third kappa shape index (κ3) is 2.43. The number of hydrogen-bond acceptors (Lipinski definition) is 3. The van der Waals surface area contributed by atoms with E-state index in [2.05, 4.69) is 12.2 Å². The molecule has 1 aromatic heterocycles. The minimum atomic E-state index is 0.106. The maximum atomic E-state index is 12.4. The normalized spacial score (nSPS) is 24.3. The van der Waals surface area contributed by atoms with Crippen LogP contribution in [-0.4, -0.2) is 37.0 Å². The molecule has 2 unspecified atom stereocenters. The summed E-state index contributed by atoms with van der Waals surface area (Å²) >= 11 is 0. The average molecular weight is 250 g/mol. The van der Waals surface area contributed by atoms with E-state index in [0.29, 0.717) is 23.3 Å². The molecule has 0 aliphatic carbocycles. The first-order valence-corrected chi connectivity index (χ1v) is 6.68. The number of hydrogen-bond donors (Lipinski definition) is 1. The van der Waals surface area contributed by atoms with Gasteiger partial charge in [0, 0.05) is 19.1 Å². The zero-order valence-corrected chi connectivity index (χ0v) is 11.4. The molecule has 1 N–H and O–H groups in total. The molecule has 0 radical (unpaired) electrons. The maximum Gasteiger partial charge on any atom is 0.257 e. The number of carbonyl (C=O) groups excluding carboxylic acids is 1. The molecule has 2 atom stereocenters. The Hall–Kier alpha value is -1.29. The van der Waals surface area contributed by atoms with Gasteiger partial charge in [-0.1, -0.05) is 13.3 Å². The SMILES string of the molecule is CCC1CN(C(=O)c2ccoc2C)CCC1NC. The van der Waals surface area contributed by atoms with Gasteiger partial charge >= 0.3 is 0 Å². The average Bonchev–Trinajstić information content (AvgIpc) is 2.83. The van der Waals surface area contributed by atoms with Gasteiger partial charge in [-0.2, -0.15) is 0 Å². The smallest absolute Gasteiger partial charge is 0.257 e. The van der Waals surface area contributed by atoms with E-state index in [9.17, 15) is 4.79 Å². The number of likely N-dealkylation sites (tertiary alicyclic amines) is 1. The molecule has 1 fully saturated rings. The fourth-order valence-electron chi connectivity index (χ4n) is 2.79. The summed E-state index contributed by atoms with van der Waals surface area (Å²) in [5, 5.41) is 3.35. The molecule has 0 aromatic carbocycles. The first-order chi connectivity index (χ1) is 8.67. The summed E-state index contributed by atoms with van der Waals surface area (Å²) in [5.74, 6) is 1.36. The molecule has 2 heterocycles. The van der Waals surface area contributed by atoms with Crippen LogP contribution in [0.3, 0.4) is 0 Å². The van der Waals surface area contributed by atoms with Crippen LogP contribution in [0.1, 0.15) is 35.9 Å². The van der Waals surface area contributed by atoms with E-state index in [4.69, 9.17) is 4.42 Å². The molecule has 0 bridgehead atoms. The maximum absolute atomic E-state index is 12.4. The Kier molecular flexibility index (Phi) is 4.07. The van der Waals surface area contributed by atoms with Gasteiger partial charge in [-0.15, -0.1) is 0 Å². The number of rotatable bonds is 3. The van der Waals surface area contributed by atoms with Crippen LogP contribution in [0, 0.1) is 12.8 Å². The summed E-state index contributed by atoms with van der Waals surface area (Å²) < 4.78 is 5.21.